The SMILES string of the molecule is CC1(C)[C@]2(C)CC[C@@]1(C(=O)[O-])c1nc3ccccc3nc12. The van der Waals surface area contributed by atoms with Gasteiger partial charge < -0.3 is 9.90 Å². The summed E-state index contributed by atoms with van der Waals surface area (Å²) in [6.07, 6.45) is 1.40. The molecule has 2 aliphatic rings. The monoisotopic (exact) mass is 281 g/mol. The fourth-order valence-corrected chi connectivity index (χ4v) is 4.50. The molecule has 4 nitrogen and oxygen atoms in total. The number of fused-ring (bicyclic) bond motifs is 6. The topological polar surface area (TPSA) is 65.9 Å². The van der Waals surface area contributed by atoms with Crippen molar-refractivity contribution in [1.82, 2.24) is 9.97 Å². The van der Waals surface area contributed by atoms with E-state index >= 15 is 0 Å². The minimum atomic E-state index is -1.02. The second-order valence-corrected chi connectivity index (χ2v) is 7.06. The molecule has 1 heterocycles. The van der Waals surface area contributed by atoms with E-state index in [4.69, 9.17) is 4.98 Å². The lowest BCUT2D eigenvalue weighted by atomic mass is 9.64. The Labute approximate surface area is 123 Å². The van der Waals surface area contributed by atoms with Crippen LogP contribution in [0.4, 0.5) is 0 Å². The molecular weight excluding hydrogens is 264 g/mol. The molecule has 0 amide bonds. The average molecular weight is 281 g/mol. The number of hydrogen-bond donors (Lipinski definition) is 0. The number of rotatable bonds is 1. The van der Waals surface area contributed by atoms with Crippen molar-refractivity contribution >= 4 is 17.0 Å². The maximum absolute atomic E-state index is 12.1. The number of carboxylic acids is 1. The summed E-state index contributed by atoms with van der Waals surface area (Å²) in [6, 6.07) is 7.64. The highest BCUT2D eigenvalue weighted by atomic mass is 16.4. The summed E-state index contributed by atoms with van der Waals surface area (Å²) < 4.78 is 0. The van der Waals surface area contributed by atoms with Crippen LogP contribution in [0.1, 0.15) is 45.0 Å². The van der Waals surface area contributed by atoms with Crippen LogP contribution in [-0.2, 0) is 15.6 Å². The first kappa shape index (κ1) is 12.7. The summed E-state index contributed by atoms with van der Waals surface area (Å²) in [7, 11) is 0. The lowest BCUT2D eigenvalue weighted by molar-refractivity contribution is -0.317. The van der Waals surface area contributed by atoms with E-state index in [1.165, 1.54) is 0 Å². The Morgan fingerprint density at radius 2 is 1.62 bits per heavy atom. The van der Waals surface area contributed by atoms with Gasteiger partial charge in [0, 0.05) is 5.41 Å². The van der Waals surface area contributed by atoms with Crippen molar-refractivity contribution in [3.05, 3.63) is 35.7 Å². The molecule has 2 aliphatic carbocycles. The molecule has 2 bridgehead atoms. The lowest BCUT2D eigenvalue weighted by Gasteiger charge is -2.41. The molecule has 1 fully saturated rings. The van der Waals surface area contributed by atoms with Crippen molar-refractivity contribution in [1.29, 1.82) is 0 Å². The van der Waals surface area contributed by atoms with E-state index in [2.05, 4.69) is 11.9 Å². The summed E-state index contributed by atoms with van der Waals surface area (Å²) in [6.45, 7) is 6.15. The largest absolute Gasteiger partial charge is 0.549 e. The fourth-order valence-electron chi connectivity index (χ4n) is 4.50. The van der Waals surface area contributed by atoms with Gasteiger partial charge in [0.1, 0.15) is 0 Å². The van der Waals surface area contributed by atoms with Crippen LogP contribution in [0, 0.1) is 5.41 Å². The Balaban J connectivity index is 2.15. The van der Waals surface area contributed by atoms with E-state index in [1.54, 1.807) is 0 Å². The lowest BCUT2D eigenvalue weighted by Crippen LogP contribution is -2.52. The molecule has 0 radical (unpaired) electrons. The van der Waals surface area contributed by atoms with Gasteiger partial charge in [-0.25, -0.2) is 9.97 Å². The molecule has 2 atom stereocenters. The predicted octanol–water partition coefficient (Wildman–Crippen LogP) is 1.71. The van der Waals surface area contributed by atoms with Crippen molar-refractivity contribution in [3.63, 3.8) is 0 Å². The summed E-state index contributed by atoms with van der Waals surface area (Å²) in [5, 5.41) is 12.1. The smallest absolute Gasteiger partial charge is 0.0890 e. The Hall–Kier alpha value is -1.97. The predicted molar refractivity (Wildman–Crippen MR) is 76.6 cm³/mol. The molecular formula is C17H17N2O2-. The molecule has 4 heteroatoms. The first-order chi connectivity index (χ1) is 9.84. The van der Waals surface area contributed by atoms with Gasteiger partial charge in [-0.05, 0) is 30.4 Å². The van der Waals surface area contributed by atoms with Crippen LogP contribution in [0.5, 0.6) is 0 Å². The van der Waals surface area contributed by atoms with Gasteiger partial charge in [0.15, 0.2) is 0 Å². The van der Waals surface area contributed by atoms with E-state index in [-0.39, 0.29) is 5.41 Å². The van der Waals surface area contributed by atoms with E-state index in [9.17, 15) is 9.90 Å². The van der Waals surface area contributed by atoms with Crippen molar-refractivity contribution in [3.8, 4) is 0 Å². The Kier molecular flexibility index (Phi) is 2.08. The number of carbonyl (C=O) groups excluding carboxylic acids is 1. The molecule has 1 aromatic heterocycles. The molecule has 0 unspecified atom stereocenters. The van der Waals surface area contributed by atoms with Gasteiger partial charge in [-0.2, -0.15) is 0 Å². The molecule has 1 saturated carbocycles. The zero-order chi connectivity index (χ0) is 15.0. The van der Waals surface area contributed by atoms with E-state index in [0.29, 0.717) is 12.1 Å². The molecule has 0 saturated heterocycles. The maximum Gasteiger partial charge on any atom is 0.0890 e. The number of benzene rings is 1. The summed E-state index contributed by atoms with van der Waals surface area (Å²) >= 11 is 0. The third-order valence-corrected chi connectivity index (χ3v) is 6.29. The summed E-state index contributed by atoms with van der Waals surface area (Å²) in [4.78, 5) is 21.5. The zero-order valence-electron chi connectivity index (χ0n) is 12.4. The van der Waals surface area contributed by atoms with E-state index in [1.807, 2.05) is 38.1 Å². The molecule has 21 heavy (non-hydrogen) atoms. The minimum Gasteiger partial charge on any atom is -0.549 e. The first-order valence-electron chi connectivity index (χ1n) is 7.34. The van der Waals surface area contributed by atoms with Crippen LogP contribution < -0.4 is 5.11 Å². The Morgan fingerprint density at radius 3 is 2.19 bits per heavy atom. The van der Waals surface area contributed by atoms with Crippen LogP contribution in [0.2, 0.25) is 0 Å². The minimum absolute atomic E-state index is 0.264. The van der Waals surface area contributed by atoms with Gasteiger partial charge in [0.2, 0.25) is 0 Å². The van der Waals surface area contributed by atoms with Crippen LogP contribution in [0.3, 0.4) is 0 Å². The van der Waals surface area contributed by atoms with Crippen LogP contribution in [-0.4, -0.2) is 15.9 Å². The number of hydrogen-bond acceptors (Lipinski definition) is 4. The molecule has 0 N–H and O–H groups in total. The maximum atomic E-state index is 12.1. The van der Waals surface area contributed by atoms with Crippen molar-refractivity contribution in [2.75, 3.05) is 0 Å². The molecule has 108 valence electrons. The van der Waals surface area contributed by atoms with Crippen molar-refractivity contribution in [2.24, 2.45) is 5.41 Å². The average Bonchev–Trinajstić information content (AvgIpc) is 2.74. The van der Waals surface area contributed by atoms with Crippen LogP contribution in [0.15, 0.2) is 24.3 Å². The number of carboxylic acid groups (broad SMARTS) is 1. The highest BCUT2D eigenvalue weighted by molar-refractivity contribution is 5.86. The zero-order valence-corrected chi connectivity index (χ0v) is 12.4. The number of aliphatic carboxylic acids is 1. The molecule has 1 aromatic carbocycles. The highest BCUT2D eigenvalue weighted by Crippen LogP contribution is 2.69. The quantitative estimate of drug-likeness (QED) is 0.798. The number of aromatic nitrogens is 2. The van der Waals surface area contributed by atoms with Crippen LogP contribution >= 0.6 is 0 Å². The van der Waals surface area contributed by atoms with Gasteiger partial charge in [-0.1, -0.05) is 32.9 Å². The van der Waals surface area contributed by atoms with Gasteiger partial charge >= 0.3 is 0 Å². The Morgan fingerprint density at radius 1 is 1.05 bits per heavy atom. The standard InChI is InChI=1S/C17H18N2O2/c1-15(2)16(3)8-9-17(15,14(20)21)13-12(16)18-10-6-4-5-7-11(10)19-13/h4-7H,8-9H2,1-3H3,(H,20,21)/p-1/t16-,17+/m1/s1. The third kappa shape index (κ3) is 1.13. The van der Waals surface area contributed by atoms with Gasteiger partial charge in [-0.15, -0.1) is 0 Å². The molecule has 4 rings (SSSR count). The second-order valence-electron chi connectivity index (χ2n) is 7.06. The van der Waals surface area contributed by atoms with Gasteiger partial charge in [0.05, 0.1) is 33.8 Å². The third-order valence-electron chi connectivity index (χ3n) is 6.29. The Bertz CT molecular complexity index is 798. The summed E-state index contributed by atoms with van der Waals surface area (Å²) in [5.41, 5.74) is 1.33. The van der Waals surface area contributed by atoms with Crippen LogP contribution in [0.25, 0.3) is 11.0 Å². The summed E-state index contributed by atoms with van der Waals surface area (Å²) in [5.74, 6) is -1.01. The first-order valence-corrected chi connectivity index (χ1v) is 7.34. The fraction of sp³-hybridized carbons (Fsp3) is 0.471. The number of para-hydroxylation sites is 2. The molecule has 0 spiro atoms. The highest BCUT2D eigenvalue weighted by Gasteiger charge is 2.70. The van der Waals surface area contributed by atoms with Crippen molar-refractivity contribution < 1.29 is 9.90 Å². The number of carbonyl (C=O) groups is 1. The number of nitrogens with zero attached hydrogens (tertiary/aromatic N) is 2. The normalized spacial score (nSPS) is 32.3. The molecule has 2 aromatic rings. The van der Waals surface area contributed by atoms with E-state index < -0.39 is 16.8 Å². The van der Waals surface area contributed by atoms with Gasteiger partial charge in [-0.3, -0.25) is 0 Å². The van der Waals surface area contributed by atoms with E-state index in [0.717, 1.165) is 23.1 Å². The molecule has 0 aliphatic heterocycles. The van der Waals surface area contributed by atoms with Crippen molar-refractivity contribution in [2.45, 2.75) is 44.4 Å². The van der Waals surface area contributed by atoms with Gasteiger partial charge in [0.25, 0.3) is 0 Å². The second kappa shape index (κ2) is 3.43.